The van der Waals surface area contributed by atoms with Crippen molar-refractivity contribution in [3.8, 4) is 0 Å². The molecule has 0 amide bonds. The summed E-state index contributed by atoms with van der Waals surface area (Å²) < 4.78 is 0. The minimum Gasteiger partial charge on any atom is -0.341 e. The minimum atomic E-state index is 0.0122. The quantitative estimate of drug-likeness (QED) is 0.467. The average Bonchev–Trinajstić information content (AvgIpc) is 3.27. The van der Waals surface area contributed by atoms with Crippen LogP contribution in [0.3, 0.4) is 0 Å². The number of nitrogens with zero attached hydrogens (tertiary/aromatic N) is 3. The van der Waals surface area contributed by atoms with Gasteiger partial charge in [-0.1, -0.05) is 66.3 Å². The van der Waals surface area contributed by atoms with Crippen LogP contribution in [0, 0.1) is 0 Å². The van der Waals surface area contributed by atoms with Gasteiger partial charge in [-0.25, -0.2) is 0 Å². The fourth-order valence-electron chi connectivity index (χ4n) is 3.90. The van der Waals surface area contributed by atoms with Gasteiger partial charge in [0, 0.05) is 32.8 Å². The van der Waals surface area contributed by atoms with Crippen LogP contribution in [-0.4, -0.2) is 26.8 Å². The van der Waals surface area contributed by atoms with Gasteiger partial charge in [-0.05, 0) is 48.0 Å². The first-order valence-corrected chi connectivity index (χ1v) is 11.7. The second kappa shape index (κ2) is 8.05. The zero-order valence-electron chi connectivity index (χ0n) is 15.9. The minimum absolute atomic E-state index is 0.0122. The normalized spacial score (nSPS) is 23.2. The molecule has 0 bridgehead atoms. The van der Waals surface area contributed by atoms with E-state index in [1.54, 1.807) is 11.8 Å². The summed E-state index contributed by atoms with van der Waals surface area (Å²) in [7, 11) is 0. The fraction of sp³-hybridized carbons (Fsp3) is 0.217. The van der Waals surface area contributed by atoms with E-state index in [4.69, 9.17) is 16.6 Å². The zero-order valence-corrected chi connectivity index (χ0v) is 18.3. The lowest BCUT2D eigenvalue weighted by Gasteiger charge is -2.29. The van der Waals surface area contributed by atoms with Crippen LogP contribution in [0.15, 0.2) is 87.7 Å². The number of thioether (sulfide) groups is 1. The molecule has 0 aliphatic carbocycles. The average molecular weight is 438 g/mol. The first-order valence-electron chi connectivity index (χ1n) is 9.63. The van der Waals surface area contributed by atoms with E-state index >= 15 is 0 Å². The molecule has 0 saturated carbocycles. The zero-order chi connectivity index (χ0) is 19.8. The highest BCUT2D eigenvalue weighted by molar-refractivity contribution is 8.14. The number of pyridine rings is 1. The van der Waals surface area contributed by atoms with Crippen LogP contribution in [0.5, 0.6) is 0 Å². The molecule has 0 radical (unpaired) electrons. The van der Waals surface area contributed by atoms with Crippen molar-refractivity contribution in [2.45, 2.75) is 34.0 Å². The van der Waals surface area contributed by atoms with E-state index < -0.39 is 0 Å². The summed E-state index contributed by atoms with van der Waals surface area (Å²) in [5, 5.41) is 2.45. The van der Waals surface area contributed by atoms with Crippen molar-refractivity contribution >= 4 is 40.3 Å². The molecular formula is C23H20ClN3S2. The summed E-state index contributed by atoms with van der Waals surface area (Å²) in [6.07, 6.45) is 1.86. The Morgan fingerprint density at radius 1 is 1.03 bits per heavy atom. The number of halogens is 1. The van der Waals surface area contributed by atoms with Gasteiger partial charge < -0.3 is 4.90 Å². The predicted molar refractivity (Wildman–Crippen MR) is 123 cm³/mol. The Balaban J connectivity index is 1.55. The number of aromatic nitrogens is 1. The predicted octanol–water partition coefficient (Wildman–Crippen LogP) is 6.48. The van der Waals surface area contributed by atoms with Crippen molar-refractivity contribution in [3.05, 3.63) is 89.2 Å². The topological polar surface area (TPSA) is 28.5 Å². The van der Waals surface area contributed by atoms with Crippen molar-refractivity contribution in [3.63, 3.8) is 0 Å². The van der Waals surface area contributed by atoms with Crippen molar-refractivity contribution in [2.75, 3.05) is 6.54 Å². The number of hydrogen-bond donors (Lipinski definition) is 0. The van der Waals surface area contributed by atoms with Gasteiger partial charge in [-0.3, -0.25) is 9.98 Å². The number of hydrogen-bond acceptors (Lipinski definition) is 5. The molecule has 1 aromatic heterocycles. The largest absolute Gasteiger partial charge is 0.341 e. The molecule has 146 valence electrons. The highest BCUT2D eigenvalue weighted by atomic mass is 35.5. The standard InChI is InChI=1S/C23H20ClN3S2/c1-15-14-27-22(21(26-23(27)28-15)19-7-4-5-13-25-19)18-6-2-3-8-20(18)29-17-11-9-16(24)10-12-17/h2-13,15,21-22H,14H2,1H3/t15-,21+,22-/m0/s1. The lowest BCUT2D eigenvalue weighted by Crippen LogP contribution is -2.28. The summed E-state index contributed by atoms with van der Waals surface area (Å²) in [5.41, 5.74) is 2.33. The SMILES string of the molecule is C[C@H]1CN2C(=N[C@H](c3ccccn3)[C@@H]2c2ccccc2Sc2ccc(Cl)cc2)S1. The fourth-order valence-corrected chi connectivity index (χ4v) is 6.10. The number of amidine groups is 1. The third-order valence-electron chi connectivity index (χ3n) is 5.16. The molecule has 5 rings (SSSR count). The highest BCUT2D eigenvalue weighted by Gasteiger charge is 2.44. The molecule has 0 N–H and O–H groups in total. The van der Waals surface area contributed by atoms with Gasteiger partial charge in [0.15, 0.2) is 5.17 Å². The van der Waals surface area contributed by atoms with E-state index in [1.807, 2.05) is 42.2 Å². The smallest absolute Gasteiger partial charge is 0.160 e. The molecule has 1 saturated heterocycles. The van der Waals surface area contributed by atoms with Crippen LogP contribution >= 0.6 is 35.1 Å². The third kappa shape index (κ3) is 3.79. The van der Waals surface area contributed by atoms with Crippen LogP contribution < -0.4 is 0 Å². The summed E-state index contributed by atoms with van der Waals surface area (Å²) >= 11 is 9.72. The van der Waals surface area contributed by atoms with E-state index in [0.717, 1.165) is 22.4 Å². The molecule has 2 aliphatic rings. The van der Waals surface area contributed by atoms with Crippen LogP contribution in [-0.2, 0) is 0 Å². The maximum absolute atomic E-state index is 6.07. The van der Waals surface area contributed by atoms with Crippen molar-refractivity contribution in [1.82, 2.24) is 9.88 Å². The molecule has 3 nitrogen and oxygen atoms in total. The van der Waals surface area contributed by atoms with Gasteiger partial charge >= 0.3 is 0 Å². The van der Waals surface area contributed by atoms with E-state index in [0.29, 0.717) is 5.25 Å². The first-order chi connectivity index (χ1) is 14.2. The number of benzene rings is 2. The van der Waals surface area contributed by atoms with Crippen LogP contribution in [0.25, 0.3) is 0 Å². The summed E-state index contributed by atoms with van der Waals surface area (Å²) in [6, 6.07) is 23.0. The lowest BCUT2D eigenvalue weighted by molar-refractivity contribution is 0.317. The molecule has 0 spiro atoms. The monoisotopic (exact) mass is 437 g/mol. The highest BCUT2D eigenvalue weighted by Crippen LogP contribution is 2.49. The van der Waals surface area contributed by atoms with Crippen molar-refractivity contribution in [1.29, 1.82) is 0 Å². The van der Waals surface area contributed by atoms with Crippen molar-refractivity contribution in [2.24, 2.45) is 4.99 Å². The van der Waals surface area contributed by atoms with Crippen LogP contribution in [0.2, 0.25) is 5.02 Å². The molecule has 29 heavy (non-hydrogen) atoms. The molecule has 1 fully saturated rings. The number of rotatable bonds is 4. The third-order valence-corrected chi connectivity index (χ3v) is 7.61. The molecule has 3 aromatic rings. The van der Waals surface area contributed by atoms with Crippen molar-refractivity contribution < 1.29 is 0 Å². The second-order valence-electron chi connectivity index (χ2n) is 7.23. The Hall–Kier alpha value is -1.95. The molecule has 2 aliphatic heterocycles. The Labute approximate surface area is 184 Å². The maximum Gasteiger partial charge on any atom is 0.160 e. The molecule has 0 unspecified atom stereocenters. The summed E-state index contributed by atoms with van der Waals surface area (Å²) in [5.74, 6) is 0. The Bertz CT molecular complexity index is 1040. The molecule has 2 aromatic carbocycles. The summed E-state index contributed by atoms with van der Waals surface area (Å²) in [4.78, 5) is 14.6. The Morgan fingerprint density at radius 3 is 2.62 bits per heavy atom. The lowest BCUT2D eigenvalue weighted by atomic mass is 9.96. The van der Waals surface area contributed by atoms with E-state index in [1.165, 1.54) is 15.4 Å². The van der Waals surface area contributed by atoms with Crippen LogP contribution in [0.4, 0.5) is 0 Å². The van der Waals surface area contributed by atoms with E-state index in [9.17, 15) is 0 Å². The van der Waals surface area contributed by atoms with Gasteiger partial charge in [-0.2, -0.15) is 0 Å². The van der Waals surface area contributed by atoms with Crippen LogP contribution in [0.1, 0.15) is 30.3 Å². The summed E-state index contributed by atoms with van der Waals surface area (Å²) in [6.45, 7) is 3.28. The van der Waals surface area contributed by atoms with Gasteiger partial charge in [0.05, 0.1) is 11.7 Å². The van der Waals surface area contributed by atoms with E-state index in [-0.39, 0.29) is 12.1 Å². The Morgan fingerprint density at radius 2 is 1.83 bits per heavy atom. The first kappa shape index (κ1) is 19.0. The van der Waals surface area contributed by atoms with Gasteiger partial charge in [0.25, 0.3) is 0 Å². The van der Waals surface area contributed by atoms with E-state index in [2.05, 4.69) is 59.3 Å². The maximum atomic E-state index is 6.07. The van der Waals surface area contributed by atoms with Gasteiger partial charge in [0.2, 0.25) is 0 Å². The molecule has 3 atom stereocenters. The molecule has 6 heteroatoms. The number of aliphatic imine (C=N–C) groups is 1. The van der Waals surface area contributed by atoms with Gasteiger partial charge in [-0.15, -0.1) is 0 Å². The van der Waals surface area contributed by atoms with Gasteiger partial charge in [0.1, 0.15) is 6.04 Å². The number of fused-ring (bicyclic) bond motifs is 1. The second-order valence-corrected chi connectivity index (χ2v) is 10.2. The molecular weight excluding hydrogens is 418 g/mol. The molecule has 3 heterocycles. The Kier molecular flexibility index (Phi) is 5.29.